The molecule has 1 saturated heterocycles. The Kier molecular flexibility index (Phi) is 4.40. The van der Waals surface area contributed by atoms with E-state index in [-0.39, 0.29) is 17.2 Å². The molecule has 5 nitrogen and oxygen atoms in total. The highest BCUT2D eigenvalue weighted by atomic mass is 32.1. The maximum Gasteiger partial charge on any atom is 0.335 e. The molecule has 1 aliphatic rings. The summed E-state index contributed by atoms with van der Waals surface area (Å²) in [6.45, 7) is 1.10. The van der Waals surface area contributed by atoms with Crippen molar-refractivity contribution in [3.63, 3.8) is 0 Å². The molecular weight excluding hydrogens is 321 g/mol. The van der Waals surface area contributed by atoms with Gasteiger partial charge in [-0.25, -0.2) is 9.18 Å². The van der Waals surface area contributed by atoms with E-state index in [4.69, 9.17) is 9.84 Å². The quantitative estimate of drug-likeness (QED) is 0.937. The van der Waals surface area contributed by atoms with Gasteiger partial charge in [0.1, 0.15) is 11.9 Å². The van der Waals surface area contributed by atoms with Gasteiger partial charge < -0.3 is 14.7 Å². The monoisotopic (exact) mass is 335 g/mol. The standard InChI is InChI=1S/C16H14FNO4S/c17-12-8-10(16(20)21)3-4-11(12)15(19)18-5-6-22-13(9-18)14-2-1-7-23-14/h1-4,7-8,13H,5-6,9H2,(H,20,21). The summed E-state index contributed by atoms with van der Waals surface area (Å²) in [6, 6.07) is 7.17. The molecule has 1 atom stereocenters. The van der Waals surface area contributed by atoms with Crippen molar-refractivity contribution in [1.29, 1.82) is 0 Å². The zero-order valence-corrected chi connectivity index (χ0v) is 12.9. The molecule has 1 aromatic heterocycles. The number of amides is 1. The maximum absolute atomic E-state index is 14.0. The Bertz CT molecular complexity index is 732. The predicted octanol–water partition coefficient (Wildman–Crippen LogP) is 2.80. The highest BCUT2D eigenvalue weighted by molar-refractivity contribution is 7.10. The number of thiophene rings is 1. The molecule has 7 heteroatoms. The third-order valence-electron chi connectivity index (χ3n) is 3.66. The van der Waals surface area contributed by atoms with Crippen LogP contribution in [0.25, 0.3) is 0 Å². The molecule has 1 aliphatic heterocycles. The number of hydrogen-bond donors (Lipinski definition) is 1. The SMILES string of the molecule is O=C(O)c1ccc(C(=O)N2CCOC(c3cccs3)C2)c(F)c1. The fourth-order valence-corrected chi connectivity index (χ4v) is 3.24. The van der Waals surface area contributed by atoms with E-state index in [0.29, 0.717) is 19.7 Å². The summed E-state index contributed by atoms with van der Waals surface area (Å²) in [7, 11) is 0. The van der Waals surface area contributed by atoms with Gasteiger partial charge in [-0.1, -0.05) is 6.07 Å². The fourth-order valence-electron chi connectivity index (χ4n) is 2.47. The Hall–Kier alpha value is -2.25. The smallest absolute Gasteiger partial charge is 0.335 e. The summed E-state index contributed by atoms with van der Waals surface area (Å²) >= 11 is 1.55. The van der Waals surface area contributed by atoms with Crippen molar-refractivity contribution in [2.75, 3.05) is 19.7 Å². The second kappa shape index (κ2) is 6.47. The summed E-state index contributed by atoms with van der Waals surface area (Å²) in [5.74, 6) is -2.51. The molecule has 1 N–H and O–H groups in total. The second-order valence-electron chi connectivity index (χ2n) is 5.13. The summed E-state index contributed by atoms with van der Waals surface area (Å²) in [6.07, 6.45) is -0.214. The van der Waals surface area contributed by atoms with Crippen molar-refractivity contribution in [2.24, 2.45) is 0 Å². The number of carboxylic acids is 1. The molecule has 1 unspecified atom stereocenters. The van der Waals surface area contributed by atoms with Gasteiger partial charge in [-0.15, -0.1) is 11.3 Å². The molecule has 120 valence electrons. The zero-order chi connectivity index (χ0) is 16.4. The fraction of sp³-hybridized carbons (Fsp3) is 0.250. The Morgan fingerprint density at radius 2 is 2.17 bits per heavy atom. The normalized spacial score (nSPS) is 18.0. The number of hydrogen-bond acceptors (Lipinski definition) is 4. The van der Waals surface area contributed by atoms with Crippen molar-refractivity contribution >= 4 is 23.2 Å². The molecule has 1 amide bonds. The van der Waals surface area contributed by atoms with Gasteiger partial charge in [0, 0.05) is 11.4 Å². The topological polar surface area (TPSA) is 66.8 Å². The molecule has 23 heavy (non-hydrogen) atoms. The lowest BCUT2D eigenvalue weighted by Gasteiger charge is -2.32. The van der Waals surface area contributed by atoms with Crippen LogP contribution in [-0.2, 0) is 4.74 Å². The van der Waals surface area contributed by atoms with Crippen molar-refractivity contribution in [2.45, 2.75) is 6.10 Å². The van der Waals surface area contributed by atoms with Crippen LogP contribution in [0.4, 0.5) is 4.39 Å². The van der Waals surface area contributed by atoms with Gasteiger partial charge >= 0.3 is 5.97 Å². The van der Waals surface area contributed by atoms with E-state index in [0.717, 1.165) is 10.9 Å². The number of carbonyl (C=O) groups excluding carboxylic acids is 1. The van der Waals surface area contributed by atoms with Crippen LogP contribution in [-0.4, -0.2) is 41.6 Å². The van der Waals surface area contributed by atoms with E-state index < -0.39 is 17.7 Å². The van der Waals surface area contributed by atoms with Crippen LogP contribution >= 0.6 is 11.3 Å². The number of rotatable bonds is 3. The van der Waals surface area contributed by atoms with E-state index in [9.17, 15) is 14.0 Å². The van der Waals surface area contributed by atoms with Crippen LogP contribution in [0.1, 0.15) is 31.7 Å². The first-order chi connectivity index (χ1) is 11.1. The summed E-state index contributed by atoms with van der Waals surface area (Å²) in [5.41, 5.74) is -0.306. The minimum absolute atomic E-state index is 0.123. The average Bonchev–Trinajstić information content (AvgIpc) is 3.08. The molecule has 1 fully saturated rings. The molecule has 0 saturated carbocycles. The summed E-state index contributed by atoms with van der Waals surface area (Å²) in [4.78, 5) is 25.9. The molecular formula is C16H14FNO4S. The lowest BCUT2D eigenvalue weighted by Crippen LogP contribution is -2.42. The number of morpholine rings is 1. The third-order valence-corrected chi connectivity index (χ3v) is 4.62. The minimum Gasteiger partial charge on any atom is -0.478 e. The van der Waals surface area contributed by atoms with Crippen molar-refractivity contribution in [1.82, 2.24) is 4.90 Å². The van der Waals surface area contributed by atoms with Gasteiger partial charge in [0.15, 0.2) is 0 Å². The second-order valence-corrected chi connectivity index (χ2v) is 6.11. The molecule has 2 aromatic rings. The summed E-state index contributed by atoms with van der Waals surface area (Å²) < 4.78 is 19.7. The Morgan fingerprint density at radius 3 is 2.83 bits per heavy atom. The van der Waals surface area contributed by atoms with Gasteiger partial charge in [-0.3, -0.25) is 4.79 Å². The summed E-state index contributed by atoms with van der Waals surface area (Å²) in [5, 5.41) is 10.8. The van der Waals surface area contributed by atoms with Crippen LogP contribution in [0.15, 0.2) is 35.7 Å². The average molecular weight is 335 g/mol. The first-order valence-electron chi connectivity index (χ1n) is 7.03. The number of nitrogens with zero attached hydrogens (tertiary/aromatic N) is 1. The molecule has 3 rings (SSSR count). The van der Waals surface area contributed by atoms with E-state index in [1.54, 1.807) is 11.3 Å². The predicted molar refractivity (Wildman–Crippen MR) is 82.3 cm³/mol. The van der Waals surface area contributed by atoms with Gasteiger partial charge in [0.2, 0.25) is 0 Å². The zero-order valence-electron chi connectivity index (χ0n) is 12.1. The molecule has 1 aromatic carbocycles. The maximum atomic E-state index is 14.0. The molecule has 2 heterocycles. The molecule has 0 aliphatic carbocycles. The largest absolute Gasteiger partial charge is 0.478 e. The van der Waals surface area contributed by atoms with E-state index >= 15 is 0 Å². The van der Waals surface area contributed by atoms with Crippen LogP contribution in [0.3, 0.4) is 0 Å². The number of carboxylic acid groups (broad SMARTS) is 1. The molecule has 0 bridgehead atoms. The van der Waals surface area contributed by atoms with E-state index in [1.807, 2.05) is 17.5 Å². The number of ether oxygens (including phenoxy) is 1. The van der Waals surface area contributed by atoms with Crippen molar-refractivity contribution in [3.8, 4) is 0 Å². The van der Waals surface area contributed by atoms with Gasteiger partial charge in [-0.05, 0) is 29.6 Å². The highest BCUT2D eigenvalue weighted by Gasteiger charge is 2.28. The van der Waals surface area contributed by atoms with Crippen molar-refractivity contribution < 1.29 is 23.8 Å². The van der Waals surface area contributed by atoms with Gasteiger partial charge in [0.05, 0.1) is 24.3 Å². The number of halogens is 1. The number of aromatic carboxylic acids is 1. The first kappa shape index (κ1) is 15.6. The van der Waals surface area contributed by atoms with Crippen molar-refractivity contribution in [3.05, 3.63) is 57.5 Å². The first-order valence-corrected chi connectivity index (χ1v) is 7.91. The van der Waals surface area contributed by atoms with Crippen LogP contribution in [0, 0.1) is 5.82 Å². The van der Waals surface area contributed by atoms with Crippen LogP contribution in [0.5, 0.6) is 0 Å². The van der Waals surface area contributed by atoms with E-state index in [1.165, 1.54) is 17.0 Å². The van der Waals surface area contributed by atoms with Crippen LogP contribution < -0.4 is 0 Å². The number of carbonyl (C=O) groups is 2. The Balaban J connectivity index is 1.78. The lowest BCUT2D eigenvalue weighted by molar-refractivity contribution is -0.0213. The number of benzene rings is 1. The van der Waals surface area contributed by atoms with E-state index in [2.05, 4.69) is 0 Å². The molecule has 0 spiro atoms. The van der Waals surface area contributed by atoms with Crippen LogP contribution in [0.2, 0.25) is 0 Å². The highest BCUT2D eigenvalue weighted by Crippen LogP contribution is 2.27. The third kappa shape index (κ3) is 3.25. The molecule has 0 radical (unpaired) electrons. The Morgan fingerprint density at radius 1 is 1.35 bits per heavy atom. The Labute approximate surface area is 135 Å². The minimum atomic E-state index is -1.23. The van der Waals surface area contributed by atoms with Gasteiger partial charge in [0.25, 0.3) is 5.91 Å². The lowest BCUT2D eigenvalue weighted by atomic mass is 10.1. The van der Waals surface area contributed by atoms with Gasteiger partial charge in [-0.2, -0.15) is 0 Å².